The van der Waals surface area contributed by atoms with Gasteiger partial charge in [-0.05, 0) is 25.5 Å². The van der Waals surface area contributed by atoms with Gasteiger partial charge in [-0.25, -0.2) is 0 Å². The summed E-state index contributed by atoms with van der Waals surface area (Å²) in [7, 11) is 0. The van der Waals surface area contributed by atoms with E-state index in [4.69, 9.17) is 27.9 Å². The summed E-state index contributed by atoms with van der Waals surface area (Å²) in [6.07, 6.45) is 1.06. The van der Waals surface area contributed by atoms with Crippen LogP contribution in [0.1, 0.15) is 26.7 Å². The van der Waals surface area contributed by atoms with Gasteiger partial charge in [0.2, 0.25) is 5.91 Å². The number of rotatable bonds is 5. The third kappa shape index (κ3) is 4.34. The fraction of sp³-hybridized carbons (Fsp3) is 0.400. The quantitative estimate of drug-likeness (QED) is 0.747. The van der Waals surface area contributed by atoms with Gasteiger partial charge in [-0.15, -0.1) is 0 Å². The van der Waals surface area contributed by atoms with E-state index in [2.05, 4.69) is 4.99 Å². The van der Waals surface area contributed by atoms with Crippen molar-refractivity contribution in [1.29, 1.82) is 0 Å². The van der Waals surface area contributed by atoms with E-state index in [0.717, 1.165) is 4.70 Å². The second kappa shape index (κ2) is 7.95. The van der Waals surface area contributed by atoms with Crippen molar-refractivity contribution < 1.29 is 14.3 Å². The minimum atomic E-state index is -0.414. The summed E-state index contributed by atoms with van der Waals surface area (Å²) in [4.78, 5) is 28.2. The zero-order valence-electron chi connectivity index (χ0n) is 12.8. The molecule has 0 N–H and O–H groups in total. The number of nitrogens with zero attached hydrogens (tertiary/aromatic N) is 2. The first kappa shape index (κ1) is 18.0. The Kier molecular flexibility index (Phi) is 6.21. The summed E-state index contributed by atoms with van der Waals surface area (Å²) in [6, 6.07) is 3.33. The Bertz CT molecular complexity index is 811. The molecular formula is C15H16Cl2N2O3S. The van der Waals surface area contributed by atoms with Crippen molar-refractivity contribution in [2.24, 2.45) is 4.99 Å². The minimum Gasteiger partial charge on any atom is -0.465 e. The van der Waals surface area contributed by atoms with Gasteiger partial charge < -0.3 is 9.30 Å². The van der Waals surface area contributed by atoms with Crippen molar-refractivity contribution in [2.45, 2.75) is 33.2 Å². The third-order valence-electron chi connectivity index (χ3n) is 2.97. The monoisotopic (exact) mass is 374 g/mol. The highest BCUT2D eigenvalue weighted by molar-refractivity contribution is 7.16. The van der Waals surface area contributed by atoms with Gasteiger partial charge in [0.25, 0.3) is 0 Å². The number of carbonyl (C=O) groups excluding carboxylic acids is 2. The number of carbonyl (C=O) groups is 2. The van der Waals surface area contributed by atoms with Gasteiger partial charge in [0, 0.05) is 11.4 Å². The van der Waals surface area contributed by atoms with Crippen molar-refractivity contribution in [3.05, 3.63) is 27.0 Å². The van der Waals surface area contributed by atoms with Gasteiger partial charge in [-0.3, -0.25) is 9.59 Å². The number of esters is 1. The highest BCUT2D eigenvalue weighted by Crippen LogP contribution is 2.29. The first-order valence-electron chi connectivity index (χ1n) is 7.17. The zero-order valence-corrected chi connectivity index (χ0v) is 15.1. The number of ether oxygens (including phenoxy) is 1. The maximum atomic E-state index is 11.9. The van der Waals surface area contributed by atoms with Crippen LogP contribution in [0, 0.1) is 0 Å². The predicted molar refractivity (Wildman–Crippen MR) is 91.9 cm³/mol. The molecule has 8 heteroatoms. The van der Waals surface area contributed by atoms with Crippen molar-refractivity contribution in [3.63, 3.8) is 0 Å². The molecule has 2 aromatic rings. The van der Waals surface area contributed by atoms with Crippen LogP contribution >= 0.6 is 34.5 Å². The molecule has 1 heterocycles. The molecule has 1 aromatic carbocycles. The van der Waals surface area contributed by atoms with Gasteiger partial charge in [0.1, 0.15) is 6.54 Å². The van der Waals surface area contributed by atoms with E-state index in [1.54, 1.807) is 23.6 Å². The van der Waals surface area contributed by atoms with E-state index < -0.39 is 5.97 Å². The fourth-order valence-corrected chi connectivity index (χ4v) is 3.90. The molecule has 2 rings (SSSR count). The first-order valence-corrected chi connectivity index (χ1v) is 8.75. The summed E-state index contributed by atoms with van der Waals surface area (Å²) in [5.41, 5.74) is 0.622. The summed E-state index contributed by atoms with van der Waals surface area (Å²) in [5, 5.41) is 0.885. The molecule has 0 atom stereocenters. The molecule has 0 radical (unpaired) electrons. The van der Waals surface area contributed by atoms with Crippen molar-refractivity contribution in [1.82, 2.24) is 4.57 Å². The Labute approximate surface area is 147 Å². The van der Waals surface area contributed by atoms with Crippen LogP contribution in [-0.4, -0.2) is 23.1 Å². The van der Waals surface area contributed by atoms with Gasteiger partial charge in [0.05, 0.1) is 21.8 Å². The summed E-state index contributed by atoms with van der Waals surface area (Å²) in [5.74, 6) is -0.651. The standard InChI is InChI=1S/C15H16Cl2N2O3S/c1-3-5-12(20)18-15-19(8-13(21)22-4-2)14-10(17)6-9(16)7-11(14)23-15/h6-7H,3-5,8H2,1-2H3. The molecule has 0 bridgehead atoms. The number of benzene rings is 1. The van der Waals surface area contributed by atoms with E-state index in [-0.39, 0.29) is 19.1 Å². The van der Waals surface area contributed by atoms with Crippen LogP contribution in [0.4, 0.5) is 0 Å². The van der Waals surface area contributed by atoms with Gasteiger partial charge in [-0.2, -0.15) is 4.99 Å². The van der Waals surface area contributed by atoms with E-state index in [0.29, 0.717) is 33.2 Å². The maximum Gasteiger partial charge on any atom is 0.326 e. The Hall–Kier alpha value is -1.37. The lowest BCUT2D eigenvalue weighted by atomic mass is 10.3. The lowest BCUT2D eigenvalue weighted by Gasteiger charge is -2.06. The lowest BCUT2D eigenvalue weighted by Crippen LogP contribution is -2.23. The summed E-state index contributed by atoms with van der Waals surface area (Å²) >= 11 is 13.5. The molecule has 0 aliphatic carbocycles. The van der Waals surface area contributed by atoms with Gasteiger partial charge in [0.15, 0.2) is 4.80 Å². The van der Waals surface area contributed by atoms with Crippen molar-refractivity contribution >= 4 is 56.6 Å². The SMILES string of the molecule is CCCC(=O)N=c1sc2cc(Cl)cc(Cl)c2n1CC(=O)OCC. The van der Waals surface area contributed by atoms with E-state index in [1.807, 2.05) is 6.92 Å². The highest BCUT2D eigenvalue weighted by Gasteiger charge is 2.15. The summed E-state index contributed by atoms with van der Waals surface area (Å²) < 4.78 is 7.34. The number of amides is 1. The molecule has 1 aromatic heterocycles. The molecule has 0 fully saturated rings. The van der Waals surface area contributed by atoms with Crippen LogP contribution in [0.25, 0.3) is 10.2 Å². The van der Waals surface area contributed by atoms with Crippen LogP contribution in [0.15, 0.2) is 17.1 Å². The summed E-state index contributed by atoms with van der Waals surface area (Å²) in [6.45, 7) is 3.86. The molecule has 0 saturated heterocycles. The van der Waals surface area contributed by atoms with E-state index in [1.165, 1.54) is 11.3 Å². The van der Waals surface area contributed by atoms with Gasteiger partial charge in [-0.1, -0.05) is 41.5 Å². The minimum absolute atomic E-state index is 0.0621. The number of halogens is 2. The third-order valence-corrected chi connectivity index (χ3v) is 4.50. The van der Waals surface area contributed by atoms with Crippen molar-refractivity contribution in [2.75, 3.05) is 6.61 Å². The number of hydrogen-bond donors (Lipinski definition) is 0. The molecule has 1 amide bonds. The molecule has 0 aliphatic rings. The maximum absolute atomic E-state index is 11.9. The van der Waals surface area contributed by atoms with Crippen LogP contribution < -0.4 is 4.80 Å². The topological polar surface area (TPSA) is 60.7 Å². The Balaban J connectivity index is 2.62. The molecular weight excluding hydrogens is 359 g/mol. The van der Waals surface area contributed by atoms with Crippen LogP contribution in [0.3, 0.4) is 0 Å². The molecule has 0 aliphatic heterocycles. The Morgan fingerprint density at radius 1 is 1.30 bits per heavy atom. The first-order chi connectivity index (χ1) is 11.0. The molecule has 0 spiro atoms. The molecule has 0 unspecified atom stereocenters. The number of thiazole rings is 1. The number of fused-ring (bicyclic) bond motifs is 1. The normalized spacial score (nSPS) is 11.9. The fourth-order valence-electron chi connectivity index (χ4n) is 2.07. The van der Waals surface area contributed by atoms with Crippen LogP contribution in [0.2, 0.25) is 10.0 Å². The van der Waals surface area contributed by atoms with E-state index >= 15 is 0 Å². The molecule has 0 saturated carbocycles. The Morgan fingerprint density at radius 2 is 2.04 bits per heavy atom. The van der Waals surface area contributed by atoms with Crippen molar-refractivity contribution in [3.8, 4) is 0 Å². The average molecular weight is 375 g/mol. The Morgan fingerprint density at radius 3 is 2.70 bits per heavy atom. The number of hydrogen-bond acceptors (Lipinski definition) is 4. The van der Waals surface area contributed by atoms with Crippen LogP contribution in [-0.2, 0) is 20.9 Å². The second-order valence-corrected chi connectivity index (χ2v) is 6.62. The molecule has 23 heavy (non-hydrogen) atoms. The van der Waals surface area contributed by atoms with E-state index in [9.17, 15) is 9.59 Å². The van der Waals surface area contributed by atoms with Gasteiger partial charge >= 0.3 is 5.97 Å². The molecule has 5 nitrogen and oxygen atoms in total. The number of aromatic nitrogens is 1. The largest absolute Gasteiger partial charge is 0.465 e. The predicted octanol–water partition coefficient (Wildman–Crippen LogP) is 3.80. The lowest BCUT2D eigenvalue weighted by molar-refractivity contribution is -0.143. The second-order valence-electron chi connectivity index (χ2n) is 4.77. The smallest absolute Gasteiger partial charge is 0.326 e. The zero-order chi connectivity index (χ0) is 17.0. The van der Waals surface area contributed by atoms with Crippen LogP contribution in [0.5, 0.6) is 0 Å². The highest BCUT2D eigenvalue weighted by atomic mass is 35.5. The average Bonchev–Trinajstić information content (AvgIpc) is 2.76. The molecule has 124 valence electrons.